The molecule has 1 saturated heterocycles. The van der Waals surface area contributed by atoms with Crippen LogP contribution in [0.4, 0.5) is 0 Å². The van der Waals surface area contributed by atoms with Crippen LogP contribution >= 0.6 is 11.8 Å². The van der Waals surface area contributed by atoms with Crippen molar-refractivity contribution in [1.29, 1.82) is 5.26 Å². The lowest BCUT2D eigenvalue weighted by atomic mass is 10.0. The summed E-state index contributed by atoms with van der Waals surface area (Å²) in [6.07, 6.45) is 6.03. The van der Waals surface area contributed by atoms with E-state index in [-0.39, 0.29) is 0 Å². The molecule has 2 aliphatic rings. The Kier molecular flexibility index (Phi) is 3.35. The second kappa shape index (κ2) is 4.55. The van der Waals surface area contributed by atoms with E-state index in [9.17, 15) is 0 Å². The molecule has 1 aliphatic heterocycles. The second-order valence-electron chi connectivity index (χ2n) is 4.60. The number of thioether (sulfide) groups is 1. The Balaban J connectivity index is 1.60. The van der Waals surface area contributed by atoms with Gasteiger partial charge in [-0.3, -0.25) is 0 Å². The lowest BCUT2D eigenvalue weighted by Crippen LogP contribution is -2.29. The van der Waals surface area contributed by atoms with Gasteiger partial charge in [-0.05, 0) is 36.9 Å². The van der Waals surface area contributed by atoms with Crippen LogP contribution in [0.25, 0.3) is 0 Å². The van der Waals surface area contributed by atoms with E-state index in [0.29, 0.717) is 5.41 Å². The molecule has 1 aliphatic carbocycles. The zero-order chi connectivity index (χ0) is 9.86. The third-order valence-corrected chi connectivity index (χ3v) is 4.71. The summed E-state index contributed by atoms with van der Waals surface area (Å²) >= 11 is 2.10. The third kappa shape index (κ3) is 2.65. The van der Waals surface area contributed by atoms with Crippen molar-refractivity contribution < 1.29 is 0 Å². The fraction of sp³-hybridized carbons (Fsp3) is 0.909. The smallest absolute Gasteiger partial charge is 0.0628 e. The molecule has 0 aromatic rings. The third-order valence-electron chi connectivity index (χ3n) is 3.31. The first-order valence-corrected chi connectivity index (χ1v) is 6.59. The molecule has 0 radical (unpaired) electrons. The van der Waals surface area contributed by atoms with Crippen LogP contribution in [0.3, 0.4) is 0 Å². The largest absolute Gasteiger partial charge is 0.315 e. The fourth-order valence-electron chi connectivity index (χ4n) is 2.06. The molecule has 2 rings (SSSR count). The molecule has 1 N–H and O–H groups in total. The van der Waals surface area contributed by atoms with Crippen LogP contribution in [-0.4, -0.2) is 24.1 Å². The van der Waals surface area contributed by atoms with E-state index in [1.165, 1.54) is 31.4 Å². The molecule has 14 heavy (non-hydrogen) atoms. The first-order valence-electron chi connectivity index (χ1n) is 5.54. The molecule has 0 amide bonds. The summed E-state index contributed by atoms with van der Waals surface area (Å²) in [6, 6.07) is 2.30. The molecule has 1 heterocycles. The van der Waals surface area contributed by atoms with Crippen LogP contribution in [0.5, 0.6) is 0 Å². The Hall–Kier alpha value is -0.200. The molecule has 0 aromatic carbocycles. The second-order valence-corrected chi connectivity index (χ2v) is 6.01. The number of nitrogens with zero attached hydrogens (tertiary/aromatic N) is 1. The fourth-order valence-corrected chi connectivity index (χ4v) is 3.30. The minimum absolute atomic E-state index is 0.373. The monoisotopic (exact) mass is 210 g/mol. The summed E-state index contributed by atoms with van der Waals surface area (Å²) in [5.41, 5.74) is 0.373. The van der Waals surface area contributed by atoms with Crippen molar-refractivity contribution in [1.82, 2.24) is 5.32 Å². The summed E-state index contributed by atoms with van der Waals surface area (Å²) in [6.45, 7) is 2.22. The van der Waals surface area contributed by atoms with E-state index < -0.39 is 0 Å². The van der Waals surface area contributed by atoms with Crippen LogP contribution in [0.2, 0.25) is 0 Å². The van der Waals surface area contributed by atoms with Crippen molar-refractivity contribution in [3.63, 3.8) is 0 Å². The number of hydrogen-bond acceptors (Lipinski definition) is 3. The van der Waals surface area contributed by atoms with Gasteiger partial charge in [-0.2, -0.15) is 17.0 Å². The van der Waals surface area contributed by atoms with Gasteiger partial charge in [0, 0.05) is 24.8 Å². The minimum Gasteiger partial charge on any atom is -0.315 e. The standard InChI is InChI=1S/C11H18N2S/c12-6-5-11(3-4-11)9-13-8-10-2-1-7-14-10/h10,13H,1-5,7-9H2. The quantitative estimate of drug-likeness (QED) is 0.755. The maximum atomic E-state index is 8.67. The molecule has 78 valence electrons. The summed E-state index contributed by atoms with van der Waals surface area (Å²) in [7, 11) is 0. The van der Waals surface area contributed by atoms with Crippen molar-refractivity contribution in [3.05, 3.63) is 0 Å². The molecule has 0 spiro atoms. The highest BCUT2D eigenvalue weighted by molar-refractivity contribution is 8.00. The number of rotatable bonds is 5. The lowest BCUT2D eigenvalue weighted by Gasteiger charge is -2.14. The molecule has 0 bridgehead atoms. The van der Waals surface area contributed by atoms with Gasteiger partial charge in [0.15, 0.2) is 0 Å². The molecular formula is C11H18N2S. The molecule has 0 aromatic heterocycles. The summed E-state index contributed by atoms with van der Waals surface area (Å²) in [5, 5.41) is 13.1. The van der Waals surface area contributed by atoms with E-state index in [1.807, 2.05) is 0 Å². The normalized spacial score (nSPS) is 28.6. The molecule has 2 fully saturated rings. The predicted octanol–water partition coefficient (Wildman–Crippen LogP) is 2.17. The van der Waals surface area contributed by atoms with Crippen molar-refractivity contribution in [2.24, 2.45) is 5.41 Å². The van der Waals surface area contributed by atoms with E-state index in [2.05, 4.69) is 23.1 Å². The van der Waals surface area contributed by atoms with E-state index >= 15 is 0 Å². The Morgan fingerprint density at radius 1 is 1.50 bits per heavy atom. The van der Waals surface area contributed by atoms with Crippen molar-refractivity contribution >= 4 is 11.8 Å². The molecule has 3 heteroatoms. The molecule has 1 unspecified atom stereocenters. The van der Waals surface area contributed by atoms with Crippen molar-refractivity contribution in [2.45, 2.75) is 37.4 Å². The number of hydrogen-bond donors (Lipinski definition) is 1. The SMILES string of the molecule is N#CCC1(CNCC2CCCS2)CC1. The van der Waals surface area contributed by atoms with Crippen LogP contribution in [0.1, 0.15) is 32.1 Å². The highest BCUT2D eigenvalue weighted by Crippen LogP contribution is 2.47. The number of nitriles is 1. The average Bonchev–Trinajstić information content (AvgIpc) is 2.75. The summed E-state index contributed by atoms with van der Waals surface area (Å²) < 4.78 is 0. The molecular weight excluding hydrogens is 192 g/mol. The van der Waals surface area contributed by atoms with Gasteiger partial charge in [-0.25, -0.2) is 0 Å². The van der Waals surface area contributed by atoms with E-state index in [0.717, 1.165) is 24.8 Å². The highest BCUT2D eigenvalue weighted by atomic mass is 32.2. The van der Waals surface area contributed by atoms with Gasteiger partial charge in [0.2, 0.25) is 0 Å². The molecule has 1 saturated carbocycles. The van der Waals surface area contributed by atoms with Gasteiger partial charge in [0.05, 0.1) is 6.07 Å². The number of nitrogens with one attached hydrogen (secondary N) is 1. The van der Waals surface area contributed by atoms with E-state index in [1.54, 1.807) is 0 Å². The van der Waals surface area contributed by atoms with Gasteiger partial charge in [0.1, 0.15) is 0 Å². The average molecular weight is 210 g/mol. The maximum Gasteiger partial charge on any atom is 0.0628 e. The van der Waals surface area contributed by atoms with Crippen LogP contribution in [0.15, 0.2) is 0 Å². The van der Waals surface area contributed by atoms with Gasteiger partial charge in [-0.15, -0.1) is 0 Å². The first-order chi connectivity index (χ1) is 6.85. The van der Waals surface area contributed by atoms with Crippen molar-refractivity contribution in [2.75, 3.05) is 18.8 Å². The Morgan fingerprint density at radius 3 is 2.93 bits per heavy atom. The van der Waals surface area contributed by atoms with Gasteiger partial charge in [0.25, 0.3) is 0 Å². The maximum absolute atomic E-state index is 8.67. The first kappa shape index (κ1) is 10.3. The van der Waals surface area contributed by atoms with E-state index in [4.69, 9.17) is 5.26 Å². The van der Waals surface area contributed by atoms with Gasteiger partial charge in [-0.1, -0.05) is 0 Å². The predicted molar refractivity (Wildman–Crippen MR) is 60.2 cm³/mol. The van der Waals surface area contributed by atoms with Crippen LogP contribution in [0, 0.1) is 16.7 Å². The molecule has 1 atom stereocenters. The zero-order valence-corrected chi connectivity index (χ0v) is 9.41. The molecule has 2 nitrogen and oxygen atoms in total. The highest BCUT2D eigenvalue weighted by Gasteiger charge is 2.41. The summed E-state index contributed by atoms with van der Waals surface area (Å²) in [4.78, 5) is 0. The Bertz CT molecular complexity index is 224. The van der Waals surface area contributed by atoms with Crippen LogP contribution < -0.4 is 5.32 Å². The Labute approximate surface area is 90.4 Å². The summed E-state index contributed by atoms with van der Waals surface area (Å²) in [5.74, 6) is 1.34. The van der Waals surface area contributed by atoms with Crippen LogP contribution in [-0.2, 0) is 0 Å². The topological polar surface area (TPSA) is 35.8 Å². The van der Waals surface area contributed by atoms with Crippen molar-refractivity contribution in [3.8, 4) is 6.07 Å². The van der Waals surface area contributed by atoms with Gasteiger partial charge < -0.3 is 5.32 Å². The zero-order valence-electron chi connectivity index (χ0n) is 8.59. The lowest BCUT2D eigenvalue weighted by molar-refractivity contribution is 0.465. The minimum atomic E-state index is 0.373. The Morgan fingerprint density at radius 2 is 2.36 bits per heavy atom. The van der Waals surface area contributed by atoms with Gasteiger partial charge >= 0.3 is 0 Å².